The van der Waals surface area contributed by atoms with Crippen LogP contribution in [0.25, 0.3) is 0 Å². The van der Waals surface area contributed by atoms with Gasteiger partial charge in [0.2, 0.25) is 0 Å². The fourth-order valence-electron chi connectivity index (χ4n) is 2.12. The zero-order chi connectivity index (χ0) is 12.0. The number of ether oxygens (including phenoxy) is 2. The van der Waals surface area contributed by atoms with Crippen LogP contribution in [0.4, 0.5) is 0 Å². The largest absolute Gasteiger partial charge is 0.468 e. The maximum Gasteiger partial charge on any atom is 0.325 e. The van der Waals surface area contributed by atoms with Crippen LogP contribution in [0, 0.1) is 5.92 Å². The van der Waals surface area contributed by atoms with E-state index in [1.165, 1.54) is 7.11 Å². The van der Waals surface area contributed by atoms with Crippen LogP contribution < -0.4 is 5.73 Å². The Morgan fingerprint density at radius 2 is 2.06 bits per heavy atom. The van der Waals surface area contributed by atoms with Crippen molar-refractivity contribution in [1.82, 2.24) is 4.90 Å². The molecule has 0 radical (unpaired) electrons. The first-order valence-electron chi connectivity index (χ1n) is 5.73. The van der Waals surface area contributed by atoms with Crippen molar-refractivity contribution in [2.24, 2.45) is 11.7 Å². The maximum absolute atomic E-state index is 11.6. The van der Waals surface area contributed by atoms with E-state index in [4.69, 9.17) is 15.2 Å². The molecular formula is C11H22N2O3. The minimum absolute atomic E-state index is 0.215. The number of carbonyl (C=O) groups excluding carboxylic acids is 1. The molecular weight excluding hydrogens is 208 g/mol. The van der Waals surface area contributed by atoms with Crippen LogP contribution >= 0.6 is 0 Å². The van der Waals surface area contributed by atoms with E-state index in [1.54, 1.807) is 7.11 Å². The summed E-state index contributed by atoms with van der Waals surface area (Å²) in [5, 5.41) is 0. The molecule has 1 saturated heterocycles. The lowest BCUT2D eigenvalue weighted by molar-refractivity contribution is -0.149. The van der Waals surface area contributed by atoms with E-state index in [9.17, 15) is 4.79 Å². The first kappa shape index (κ1) is 13.4. The van der Waals surface area contributed by atoms with E-state index < -0.39 is 0 Å². The van der Waals surface area contributed by atoms with Gasteiger partial charge in [-0.1, -0.05) is 0 Å². The summed E-state index contributed by atoms with van der Waals surface area (Å²) in [6.07, 6.45) is 2.10. The molecule has 0 aromatic heterocycles. The van der Waals surface area contributed by atoms with Crippen LogP contribution in [0.2, 0.25) is 0 Å². The summed E-state index contributed by atoms with van der Waals surface area (Å²) in [5.41, 5.74) is 5.63. The van der Waals surface area contributed by atoms with Crippen molar-refractivity contribution < 1.29 is 14.3 Å². The number of methoxy groups -OCH3 is 2. The molecule has 0 saturated carbocycles. The summed E-state index contributed by atoms with van der Waals surface area (Å²) in [5.74, 6) is 0.380. The van der Waals surface area contributed by atoms with E-state index in [1.807, 2.05) is 0 Å². The molecule has 5 nitrogen and oxygen atoms in total. The highest BCUT2D eigenvalue weighted by molar-refractivity contribution is 5.75. The van der Waals surface area contributed by atoms with E-state index in [0.29, 0.717) is 12.5 Å². The number of nitrogens with two attached hydrogens (primary N) is 1. The monoisotopic (exact) mass is 230 g/mol. The van der Waals surface area contributed by atoms with Crippen molar-refractivity contribution in [3.8, 4) is 0 Å². The summed E-state index contributed by atoms with van der Waals surface area (Å²) in [7, 11) is 3.01. The number of hydrogen-bond acceptors (Lipinski definition) is 5. The predicted molar refractivity (Wildman–Crippen MR) is 61.0 cm³/mol. The molecule has 16 heavy (non-hydrogen) atoms. The summed E-state index contributed by atoms with van der Waals surface area (Å²) >= 11 is 0. The lowest BCUT2D eigenvalue weighted by Crippen LogP contribution is -2.49. The zero-order valence-electron chi connectivity index (χ0n) is 10.1. The number of rotatable bonds is 5. The Morgan fingerprint density at radius 3 is 2.50 bits per heavy atom. The van der Waals surface area contributed by atoms with Crippen molar-refractivity contribution in [3.63, 3.8) is 0 Å². The SMILES string of the molecule is COCC(C(=O)OC)N1CCC(CN)CC1. The Hall–Kier alpha value is -0.650. The molecule has 1 atom stereocenters. The van der Waals surface area contributed by atoms with Crippen molar-refractivity contribution in [1.29, 1.82) is 0 Å². The van der Waals surface area contributed by atoms with Gasteiger partial charge in [-0.25, -0.2) is 0 Å². The number of hydrogen-bond donors (Lipinski definition) is 1. The molecule has 94 valence electrons. The van der Waals surface area contributed by atoms with Crippen LogP contribution in [0.15, 0.2) is 0 Å². The van der Waals surface area contributed by atoms with Gasteiger partial charge in [-0.15, -0.1) is 0 Å². The van der Waals surface area contributed by atoms with Crippen molar-refractivity contribution in [3.05, 3.63) is 0 Å². The lowest BCUT2D eigenvalue weighted by atomic mass is 9.96. The molecule has 0 aromatic carbocycles. The van der Waals surface area contributed by atoms with E-state index in [0.717, 1.165) is 32.5 Å². The molecule has 1 aliphatic rings. The van der Waals surface area contributed by atoms with Gasteiger partial charge >= 0.3 is 5.97 Å². The normalized spacial score (nSPS) is 20.7. The third-order valence-electron chi connectivity index (χ3n) is 3.22. The quantitative estimate of drug-likeness (QED) is 0.665. The standard InChI is InChI=1S/C11H22N2O3/c1-15-8-10(11(14)16-2)13-5-3-9(7-12)4-6-13/h9-10H,3-8,12H2,1-2H3. The smallest absolute Gasteiger partial charge is 0.325 e. The highest BCUT2D eigenvalue weighted by Gasteiger charge is 2.29. The molecule has 0 spiro atoms. The highest BCUT2D eigenvalue weighted by Crippen LogP contribution is 2.18. The molecule has 5 heteroatoms. The second-order valence-corrected chi connectivity index (χ2v) is 4.21. The molecule has 1 heterocycles. The van der Waals surface area contributed by atoms with Gasteiger partial charge in [-0.2, -0.15) is 0 Å². The molecule has 1 rings (SSSR count). The molecule has 0 bridgehead atoms. The Morgan fingerprint density at radius 1 is 1.44 bits per heavy atom. The molecule has 0 aromatic rings. The summed E-state index contributed by atoms with van der Waals surface area (Å²) in [6, 6.07) is -0.270. The third kappa shape index (κ3) is 3.43. The van der Waals surface area contributed by atoms with E-state index in [-0.39, 0.29) is 12.0 Å². The van der Waals surface area contributed by atoms with Crippen LogP contribution in [0.1, 0.15) is 12.8 Å². The second kappa shape index (κ2) is 6.83. The van der Waals surface area contributed by atoms with Crippen molar-refractivity contribution in [2.75, 3.05) is 40.5 Å². The summed E-state index contributed by atoms with van der Waals surface area (Å²) in [4.78, 5) is 13.7. The number of nitrogens with zero attached hydrogens (tertiary/aromatic N) is 1. The fourth-order valence-corrected chi connectivity index (χ4v) is 2.12. The Labute approximate surface area is 96.9 Å². The zero-order valence-corrected chi connectivity index (χ0v) is 10.1. The predicted octanol–water partition coefficient (Wildman–Crippen LogP) is -0.155. The van der Waals surface area contributed by atoms with Crippen LogP contribution in [-0.2, 0) is 14.3 Å². The minimum Gasteiger partial charge on any atom is -0.468 e. The van der Waals surface area contributed by atoms with Crippen LogP contribution in [0.3, 0.4) is 0 Å². The first-order valence-corrected chi connectivity index (χ1v) is 5.73. The maximum atomic E-state index is 11.6. The summed E-state index contributed by atoms with van der Waals surface area (Å²) in [6.45, 7) is 2.91. The van der Waals surface area contributed by atoms with Gasteiger partial charge in [0.05, 0.1) is 13.7 Å². The second-order valence-electron chi connectivity index (χ2n) is 4.21. The van der Waals surface area contributed by atoms with Crippen molar-refractivity contribution >= 4 is 5.97 Å². The molecule has 2 N–H and O–H groups in total. The number of esters is 1. The van der Waals surface area contributed by atoms with E-state index in [2.05, 4.69) is 4.90 Å². The van der Waals surface area contributed by atoms with E-state index >= 15 is 0 Å². The van der Waals surface area contributed by atoms with Gasteiger partial charge in [0, 0.05) is 7.11 Å². The van der Waals surface area contributed by atoms with Gasteiger partial charge in [-0.3, -0.25) is 9.69 Å². The van der Waals surface area contributed by atoms with Gasteiger partial charge in [0.1, 0.15) is 6.04 Å². The van der Waals surface area contributed by atoms with Crippen LogP contribution in [0.5, 0.6) is 0 Å². The van der Waals surface area contributed by atoms with Crippen LogP contribution in [-0.4, -0.2) is 57.4 Å². The molecule has 0 amide bonds. The fraction of sp³-hybridized carbons (Fsp3) is 0.909. The minimum atomic E-state index is -0.270. The summed E-state index contributed by atoms with van der Waals surface area (Å²) < 4.78 is 9.85. The number of likely N-dealkylation sites (tertiary alicyclic amines) is 1. The van der Waals surface area contributed by atoms with Crippen molar-refractivity contribution in [2.45, 2.75) is 18.9 Å². The highest BCUT2D eigenvalue weighted by atomic mass is 16.5. The third-order valence-corrected chi connectivity index (χ3v) is 3.22. The van der Waals surface area contributed by atoms with Gasteiger partial charge in [-0.05, 0) is 38.4 Å². The number of piperidine rings is 1. The average Bonchev–Trinajstić information content (AvgIpc) is 2.35. The average molecular weight is 230 g/mol. The molecule has 0 aliphatic carbocycles. The lowest BCUT2D eigenvalue weighted by Gasteiger charge is -2.35. The van der Waals surface area contributed by atoms with Gasteiger partial charge in [0.15, 0.2) is 0 Å². The molecule has 1 fully saturated rings. The molecule has 1 aliphatic heterocycles. The van der Waals surface area contributed by atoms with Gasteiger partial charge in [0.25, 0.3) is 0 Å². The Kier molecular flexibility index (Phi) is 5.73. The topological polar surface area (TPSA) is 64.8 Å². The molecule has 1 unspecified atom stereocenters. The van der Waals surface area contributed by atoms with Gasteiger partial charge < -0.3 is 15.2 Å². The Bertz CT molecular complexity index is 215. The Balaban J connectivity index is 2.49. The first-order chi connectivity index (χ1) is 7.72. The number of carbonyl (C=O) groups is 1.